The van der Waals surface area contributed by atoms with E-state index in [-0.39, 0.29) is 17.3 Å². The van der Waals surface area contributed by atoms with Crippen LogP contribution in [0.2, 0.25) is 0 Å². The largest absolute Gasteiger partial charge is 0.416 e. The van der Waals surface area contributed by atoms with Crippen molar-refractivity contribution in [1.29, 1.82) is 0 Å². The van der Waals surface area contributed by atoms with Crippen LogP contribution in [0.3, 0.4) is 0 Å². The summed E-state index contributed by atoms with van der Waals surface area (Å²) in [6.07, 6.45) is -3.09. The van der Waals surface area contributed by atoms with Gasteiger partial charge in [-0.15, -0.1) is 0 Å². The number of aromatic nitrogens is 1. The lowest BCUT2D eigenvalue weighted by Gasteiger charge is -2.15. The summed E-state index contributed by atoms with van der Waals surface area (Å²) >= 11 is 0. The highest BCUT2D eigenvalue weighted by Gasteiger charge is 2.30. The van der Waals surface area contributed by atoms with E-state index in [0.29, 0.717) is 5.82 Å². The van der Waals surface area contributed by atoms with Gasteiger partial charge in [0, 0.05) is 17.9 Å². The molecule has 28 heavy (non-hydrogen) atoms. The second-order valence-corrected chi connectivity index (χ2v) is 6.24. The van der Waals surface area contributed by atoms with Gasteiger partial charge in [0.05, 0.1) is 11.1 Å². The molecule has 0 bridgehead atoms. The number of carbonyl (C=O) groups is 1. The van der Waals surface area contributed by atoms with E-state index in [1.807, 2.05) is 37.3 Å². The Morgan fingerprint density at radius 3 is 2.39 bits per heavy atom. The molecule has 1 atom stereocenters. The Hall–Kier alpha value is -3.35. The van der Waals surface area contributed by atoms with Gasteiger partial charge in [0.2, 0.25) is 0 Å². The van der Waals surface area contributed by atoms with Gasteiger partial charge in [-0.1, -0.05) is 36.4 Å². The van der Waals surface area contributed by atoms with E-state index in [4.69, 9.17) is 0 Å². The maximum absolute atomic E-state index is 12.8. The van der Waals surface area contributed by atoms with Gasteiger partial charge in [-0.25, -0.2) is 4.98 Å². The van der Waals surface area contributed by atoms with Gasteiger partial charge < -0.3 is 10.6 Å². The predicted molar refractivity (Wildman–Crippen MR) is 102 cm³/mol. The lowest BCUT2D eigenvalue weighted by atomic mass is 10.1. The molecule has 1 heterocycles. The lowest BCUT2D eigenvalue weighted by molar-refractivity contribution is -0.137. The number of hydrogen-bond donors (Lipinski definition) is 2. The van der Waals surface area contributed by atoms with Gasteiger partial charge >= 0.3 is 6.18 Å². The summed E-state index contributed by atoms with van der Waals surface area (Å²) in [6, 6.07) is 17.6. The molecule has 0 saturated heterocycles. The van der Waals surface area contributed by atoms with Crippen molar-refractivity contribution in [2.24, 2.45) is 0 Å². The predicted octanol–water partition coefficient (Wildman–Crippen LogP) is 5.53. The van der Waals surface area contributed by atoms with E-state index in [2.05, 4.69) is 15.6 Å². The third-order valence-corrected chi connectivity index (χ3v) is 4.14. The van der Waals surface area contributed by atoms with Gasteiger partial charge in [0.15, 0.2) is 0 Å². The van der Waals surface area contributed by atoms with Crippen LogP contribution in [-0.4, -0.2) is 10.9 Å². The summed E-state index contributed by atoms with van der Waals surface area (Å²) < 4.78 is 38.3. The fraction of sp³-hybridized carbons (Fsp3) is 0.143. The average Bonchev–Trinajstić information content (AvgIpc) is 2.69. The monoisotopic (exact) mass is 385 g/mol. The number of amides is 1. The van der Waals surface area contributed by atoms with Crippen LogP contribution in [-0.2, 0) is 6.18 Å². The van der Waals surface area contributed by atoms with Crippen LogP contribution in [0, 0.1) is 0 Å². The highest BCUT2D eigenvalue weighted by atomic mass is 19.4. The Bertz CT molecular complexity index is 941. The van der Waals surface area contributed by atoms with Crippen LogP contribution in [0.1, 0.15) is 34.5 Å². The molecule has 0 saturated carbocycles. The van der Waals surface area contributed by atoms with E-state index in [1.54, 1.807) is 12.1 Å². The molecular formula is C21H18F3N3O. The second kappa shape index (κ2) is 8.12. The number of hydrogen-bond acceptors (Lipinski definition) is 3. The molecule has 0 aliphatic carbocycles. The first-order chi connectivity index (χ1) is 13.3. The zero-order valence-electron chi connectivity index (χ0n) is 15.0. The summed E-state index contributed by atoms with van der Waals surface area (Å²) in [5, 5.41) is 5.69. The number of anilines is 2. The first-order valence-electron chi connectivity index (χ1n) is 8.59. The molecule has 1 aromatic heterocycles. The molecule has 2 N–H and O–H groups in total. The van der Waals surface area contributed by atoms with Crippen molar-refractivity contribution in [3.8, 4) is 0 Å². The van der Waals surface area contributed by atoms with E-state index < -0.39 is 17.6 Å². The molecule has 0 aliphatic rings. The molecule has 1 amide bonds. The van der Waals surface area contributed by atoms with Crippen LogP contribution in [0.4, 0.5) is 24.7 Å². The summed E-state index contributed by atoms with van der Waals surface area (Å²) in [6.45, 7) is 1.99. The molecule has 144 valence electrons. The SMILES string of the molecule is CC(Nc1ccc(C(=O)Nc2cccc(C(F)(F)F)c2)cn1)c1ccccc1. The molecule has 2 aromatic carbocycles. The summed E-state index contributed by atoms with van der Waals surface area (Å²) in [5.41, 5.74) is 0.587. The molecule has 1 unspecified atom stereocenters. The number of nitrogens with zero attached hydrogens (tertiary/aromatic N) is 1. The van der Waals surface area contributed by atoms with Crippen molar-refractivity contribution in [2.45, 2.75) is 19.1 Å². The van der Waals surface area contributed by atoms with Gasteiger partial charge in [-0.2, -0.15) is 13.2 Å². The molecule has 3 rings (SSSR count). The Labute approximate surface area is 160 Å². The molecule has 4 nitrogen and oxygen atoms in total. The molecule has 0 radical (unpaired) electrons. The smallest absolute Gasteiger partial charge is 0.364 e. The highest BCUT2D eigenvalue weighted by Crippen LogP contribution is 2.30. The Morgan fingerprint density at radius 2 is 1.75 bits per heavy atom. The van der Waals surface area contributed by atoms with Crippen molar-refractivity contribution in [1.82, 2.24) is 4.98 Å². The van der Waals surface area contributed by atoms with Crippen molar-refractivity contribution in [3.63, 3.8) is 0 Å². The highest BCUT2D eigenvalue weighted by molar-refractivity contribution is 6.04. The van der Waals surface area contributed by atoms with E-state index in [0.717, 1.165) is 17.7 Å². The van der Waals surface area contributed by atoms with Crippen LogP contribution in [0.15, 0.2) is 72.9 Å². The van der Waals surface area contributed by atoms with Crippen molar-refractivity contribution in [3.05, 3.63) is 89.6 Å². The lowest BCUT2D eigenvalue weighted by Crippen LogP contribution is -2.14. The number of alkyl halides is 3. The first kappa shape index (κ1) is 19.4. The second-order valence-electron chi connectivity index (χ2n) is 6.24. The maximum Gasteiger partial charge on any atom is 0.416 e. The summed E-state index contributed by atoms with van der Waals surface area (Å²) in [4.78, 5) is 16.5. The van der Waals surface area contributed by atoms with E-state index >= 15 is 0 Å². The zero-order chi connectivity index (χ0) is 20.1. The topological polar surface area (TPSA) is 54.0 Å². The molecule has 0 aliphatic heterocycles. The number of halogens is 3. The molecule has 0 spiro atoms. The molecular weight excluding hydrogens is 367 g/mol. The van der Waals surface area contributed by atoms with Gasteiger partial charge in [-0.05, 0) is 42.8 Å². The van der Waals surface area contributed by atoms with Gasteiger partial charge in [-0.3, -0.25) is 4.79 Å². The molecule has 7 heteroatoms. The van der Waals surface area contributed by atoms with Crippen molar-refractivity contribution >= 4 is 17.4 Å². The quantitative estimate of drug-likeness (QED) is 0.608. The fourth-order valence-corrected chi connectivity index (χ4v) is 2.64. The Kier molecular flexibility index (Phi) is 5.63. The number of benzene rings is 2. The van der Waals surface area contributed by atoms with Gasteiger partial charge in [0.1, 0.15) is 5.82 Å². The Balaban J connectivity index is 1.66. The van der Waals surface area contributed by atoms with Gasteiger partial charge in [0.25, 0.3) is 5.91 Å². The molecule has 3 aromatic rings. The zero-order valence-corrected chi connectivity index (χ0v) is 15.0. The minimum atomic E-state index is -4.47. The van der Waals surface area contributed by atoms with Crippen LogP contribution in [0.25, 0.3) is 0 Å². The third-order valence-electron chi connectivity index (χ3n) is 4.14. The van der Waals surface area contributed by atoms with Crippen LogP contribution >= 0.6 is 0 Å². The van der Waals surface area contributed by atoms with E-state index in [1.165, 1.54) is 18.3 Å². The minimum absolute atomic E-state index is 0.0264. The normalized spacial score (nSPS) is 12.3. The summed E-state index contributed by atoms with van der Waals surface area (Å²) in [7, 11) is 0. The minimum Gasteiger partial charge on any atom is -0.364 e. The number of nitrogens with one attached hydrogen (secondary N) is 2. The Morgan fingerprint density at radius 1 is 1.00 bits per heavy atom. The first-order valence-corrected chi connectivity index (χ1v) is 8.59. The van der Waals surface area contributed by atoms with Crippen LogP contribution in [0.5, 0.6) is 0 Å². The standard InChI is InChI=1S/C21H18F3N3O/c1-14(15-6-3-2-4-7-15)26-19-11-10-16(13-25-19)20(28)27-18-9-5-8-17(12-18)21(22,23)24/h2-14H,1H3,(H,25,26)(H,27,28). The number of rotatable bonds is 5. The van der Waals surface area contributed by atoms with E-state index in [9.17, 15) is 18.0 Å². The summed E-state index contributed by atoms with van der Waals surface area (Å²) in [5.74, 6) is 0.0569. The third kappa shape index (κ3) is 4.88. The maximum atomic E-state index is 12.8. The average molecular weight is 385 g/mol. The molecule has 0 fully saturated rings. The number of pyridine rings is 1. The number of carbonyl (C=O) groups excluding carboxylic acids is 1. The van der Waals surface area contributed by atoms with Crippen molar-refractivity contribution in [2.75, 3.05) is 10.6 Å². The van der Waals surface area contributed by atoms with Crippen molar-refractivity contribution < 1.29 is 18.0 Å². The van der Waals surface area contributed by atoms with Crippen LogP contribution < -0.4 is 10.6 Å². The fourth-order valence-electron chi connectivity index (χ4n) is 2.64.